The van der Waals surface area contributed by atoms with Gasteiger partial charge in [-0.3, -0.25) is 10.2 Å². The van der Waals surface area contributed by atoms with Gasteiger partial charge in [-0.05, 0) is 18.6 Å². The summed E-state index contributed by atoms with van der Waals surface area (Å²) in [5.74, 6) is 0.0282. The fourth-order valence-corrected chi connectivity index (χ4v) is 1.15. The van der Waals surface area contributed by atoms with Gasteiger partial charge in [0, 0.05) is 17.3 Å². The molecule has 1 rings (SSSR count). The highest BCUT2D eigenvalue weighted by Gasteiger charge is 2.09. The van der Waals surface area contributed by atoms with Crippen molar-refractivity contribution in [1.82, 2.24) is 0 Å². The van der Waals surface area contributed by atoms with Crippen LogP contribution in [0.15, 0.2) is 24.3 Å². The van der Waals surface area contributed by atoms with Gasteiger partial charge in [0.1, 0.15) is 0 Å². The first kappa shape index (κ1) is 12.2. The maximum atomic E-state index is 11.6. The summed E-state index contributed by atoms with van der Waals surface area (Å²) >= 11 is 0. The standard InChI is InChI=1S/C11H16N4O/c1-3-8(2)11(16)13-9-4-6-10(7-5-9)14-15-12/h4-8H,3H2,1-2H3,(H3-,12,13,14,15,16). The molecule has 1 unspecified atom stereocenters. The van der Waals surface area contributed by atoms with E-state index in [0.717, 1.165) is 12.1 Å². The zero-order chi connectivity index (χ0) is 12.0. The Kier molecular flexibility index (Phi) is 4.44. The zero-order valence-electron chi connectivity index (χ0n) is 9.45. The van der Waals surface area contributed by atoms with Crippen LogP contribution in [0.25, 0.3) is 5.53 Å². The Morgan fingerprint density at radius 2 is 1.94 bits per heavy atom. The number of rotatable bonds is 5. The van der Waals surface area contributed by atoms with Crippen LogP contribution >= 0.6 is 0 Å². The van der Waals surface area contributed by atoms with Crippen LogP contribution < -0.4 is 16.0 Å². The van der Waals surface area contributed by atoms with E-state index in [9.17, 15) is 4.79 Å². The molecule has 0 aliphatic rings. The van der Waals surface area contributed by atoms with E-state index >= 15 is 0 Å². The first-order valence-corrected chi connectivity index (χ1v) is 5.23. The first-order chi connectivity index (χ1) is 7.67. The number of benzene rings is 1. The highest BCUT2D eigenvalue weighted by atomic mass is 16.1. The summed E-state index contributed by atoms with van der Waals surface area (Å²) in [6.07, 6.45) is 0.819. The van der Waals surface area contributed by atoms with Gasteiger partial charge in [-0.15, -0.1) is 0 Å². The molecule has 5 heteroatoms. The van der Waals surface area contributed by atoms with E-state index in [-0.39, 0.29) is 11.8 Å². The van der Waals surface area contributed by atoms with Gasteiger partial charge in [0.15, 0.2) is 0 Å². The van der Waals surface area contributed by atoms with Crippen molar-refractivity contribution in [3.63, 3.8) is 0 Å². The van der Waals surface area contributed by atoms with Crippen LogP contribution in [-0.2, 0) is 4.79 Å². The molecule has 86 valence electrons. The molecular weight excluding hydrogens is 204 g/mol. The molecule has 0 spiro atoms. The predicted octanol–water partition coefficient (Wildman–Crippen LogP) is 1.10. The topological polar surface area (TPSA) is 77.4 Å². The van der Waals surface area contributed by atoms with Gasteiger partial charge in [0.25, 0.3) is 0 Å². The van der Waals surface area contributed by atoms with E-state index in [1.165, 1.54) is 0 Å². The Balaban J connectivity index is 2.61. The SMILES string of the molecule is CCC(C)C(=O)Nc1ccc(N[NH+]=[N-])cc1. The lowest BCUT2D eigenvalue weighted by molar-refractivity contribution is -0.444. The Morgan fingerprint density at radius 1 is 1.38 bits per heavy atom. The number of nitrogens with one attached hydrogen (secondary N) is 3. The smallest absolute Gasteiger partial charge is 0.227 e. The van der Waals surface area contributed by atoms with E-state index in [0.29, 0.717) is 5.69 Å². The number of amides is 1. The minimum Gasteiger partial charge on any atom is -0.326 e. The summed E-state index contributed by atoms with van der Waals surface area (Å²) in [6.45, 7) is 3.87. The van der Waals surface area contributed by atoms with Crippen molar-refractivity contribution in [2.45, 2.75) is 20.3 Å². The number of nitrogens with zero attached hydrogens (tertiary/aromatic N) is 1. The van der Waals surface area contributed by atoms with Crippen molar-refractivity contribution >= 4 is 17.3 Å². The highest BCUT2D eigenvalue weighted by Crippen LogP contribution is 2.13. The quantitative estimate of drug-likeness (QED) is 0.513. The lowest BCUT2D eigenvalue weighted by atomic mass is 10.1. The van der Waals surface area contributed by atoms with E-state index in [4.69, 9.17) is 5.53 Å². The molecule has 0 saturated carbocycles. The molecule has 0 aliphatic heterocycles. The number of hydrazine groups is 1. The maximum Gasteiger partial charge on any atom is 0.227 e. The molecule has 0 aromatic heterocycles. The van der Waals surface area contributed by atoms with Crippen molar-refractivity contribution in [3.8, 4) is 0 Å². The van der Waals surface area contributed by atoms with Crippen molar-refractivity contribution in [1.29, 1.82) is 0 Å². The molecule has 0 fully saturated rings. The third-order valence-electron chi connectivity index (χ3n) is 2.41. The molecule has 0 aliphatic carbocycles. The molecule has 5 nitrogen and oxygen atoms in total. The van der Waals surface area contributed by atoms with Crippen LogP contribution in [0.4, 0.5) is 11.4 Å². The highest BCUT2D eigenvalue weighted by molar-refractivity contribution is 5.92. The second-order valence-electron chi connectivity index (χ2n) is 3.61. The molecule has 0 saturated heterocycles. The van der Waals surface area contributed by atoms with Crippen LogP contribution in [0.1, 0.15) is 20.3 Å². The Bertz CT molecular complexity index is 361. The summed E-state index contributed by atoms with van der Waals surface area (Å²) in [5, 5.41) is 4.65. The molecule has 0 radical (unpaired) electrons. The molecule has 1 atom stereocenters. The lowest BCUT2D eigenvalue weighted by Crippen LogP contribution is -2.68. The number of hydrogen-bond acceptors (Lipinski definition) is 1. The Labute approximate surface area is 94.7 Å². The first-order valence-electron chi connectivity index (χ1n) is 5.23. The fraction of sp³-hybridized carbons (Fsp3) is 0.364. The minimum atomic E-state index is 0.0110. The number of carbonyl (C=O) groups excluding carboxylic acids is 1. The average molecular weight is 220 g/mol. The van der Waals surface area contributed by atoms with Gasteiger partial charge in [0.05, 0.1) is 0 Å². The fourth-order valence-electron chi connectivity index (χ4n) is 1.15. The molecule has 0 bridgehead atoms. The van der Waals surface area contributed by atoms with Gasteiger partial charge < -0.3 is 5.32 Å². The van der Waals surface area contributed by atoms with Gasteiger partial charge in [0.2, 0.25) is 5.91 Å². The summed E-state index contributed by atoms with van der Waals surface area (Å²) in [6, 6.07) is 7.02. The summed E-state index contributed by atoms with van der Waals surface area (Å²) in [7, 11) is 0. The molecule has 16 heavy (non-hydrogen) atoms. The third-order valence-corrected chi connectivity index (χ3v) is 2.41. The van der Waals surface area contributed by atoms with Crippen LogP contribution in [0.5, 0.6) is 0 Å². The van der Waals surface area contributed by atoms with Crippen molar-refractivity contribution in [2.24, 2.45) is 5.92 Å². The second-order valence-corrected chi connectivity index (χ2v) is 3.61. The summed E-state index contributed by atoms with van der Waals surface area (Å²) < 4.78 is 0. The largest absolute Gasteiger partial charge is 0.326 e. The molecular formula is C11H16N4O. The van der Waals surface area contributed by atoms with E-state index in [1.54, 1.807) is 24.3 Å². The summed E-state index contributed by atoms with van der Waals surface area (Å²) in [5.41, 5.74) is 12.4. The summed E-state index contributed by atoms with van der Waals surface area (Å²) in [4.78, 5) is 11.6. The van der Waals surface area contributed by atoms with Gasteiger partial charge in [-0.25, -0.2) is 0 Å². The maximum absolute atomic E-state index is 11.6. The number of anilines is 2. The van der Waals surface area contributed by atoms with Crippen molar-refractivity contribution in [2.75, 3.05) is 10.7 Å². The van der Waals surface area contributed by atoms with Gasteiger partial charge in [-0.2, -0.15) is 10.8 Å². The van der Waals surface area contributed by atoms with E-state index < -0.39 is 0 Å². The van der Waals surface area contributed by atoms with Crippen LogP contribution in [-0.4, -0.2) is 5.91 Å². The zero-order valence-corrected chi connectivity index (χ0v) is 9.45. The average Bonchev–Trinajstić information content (AvgIpc) is 2.31. The lowest BCUT2D eigenvalue weighted by Gasteiger charge is -2.10. The monoisotopic (exact) mass is 220 g/mol. The minimum absolute atomic E-state index is 0.0110. The number of carbonyl (C=O) groups is 1. The van der Waals surface area contributed by atoms with Gasteiger partial charge >= 0.3 is 0 Å². The van der Waals surface area contributed by atoms with Crippen LogP contribution in [0, 0.1) is 5.92 Å². The normalized spacial score (nSPS) is 11.6. The Morgan fingerprint density at radius 3 is 2.44 bits per heavy atom. The van der Waals surface area contributed by atoms with Crippen molar-refractivity contribution in [3.05, 3.63) is 29.8 Å². The van der Waals surface area contributed by atoms with E-state index in [1.807, 2.05) is 19.1 Å². The molecule has 1 aromatic rings. The van der Waals surface area contributed by atoms with Crippen LogP contribution in [0.3, 0.4) is 0 Å². The molecule has 1 aromatic carbocycles. The molecule has 1 amide bonds. The Hall–Kier alpha value is -1.91. The van der Waals surface area contributed by atoms with Crippen LogP contribution in [0.2, 0.25) is 0 Å². The third kappa shape index (κ3) is 3.34. The molecule has 0 heterocycles. The second kappa shape index (κ2) is 5.85. The van der Waals surface area contributed by atoms with E-state index in [2.05, 4.69) is 10.7 Å². The van der Waals surface area contributed by atoms with Gasteiger partial charge in [-0.1, -0.05) is 26.0 Å². The molecule has 3 N–H and O–H groups in total. The predicted molar refractivity (Wildman–Crippen MR) is 62.5 cm³/mol. The number of hydrogen-bond donors (Lipinski definition) is 3. The van der Waals surface area contributed by atoms with Crippen molar-refractivity contribution < 1.29 is 10.0 Å².